The zero-order chi connectivity index (χ0) is 13.7. The fourth-order valence-electron chi connectivity index (χ4n) is 2.51. The van der Waals surface area contributed by atoms with Gasteiger partial charge in [-0.15, -0.1) is 0 Å². The maximum atomic E-state index is 5.70. The maximum Gasteiger partial charge on any atom is 0.119 e. The molecule has 1 aromatic rings. The van der Waals surface area contributed by atoms with Gasteiger partial charge in [-0.1, -0.05) is 19.1 Å². The third-order valence-corrected chi connectivity index (χ3v) is 3.65. The van der Waals surface area contributed by atoms with Crippen LogP contribution < -0.4 is 10.1 Å². The Labute approximate surface area is 116 Å². The number of piperazine rings is 1. The molecule has 1 aliphatic heterocycles. The molecule has 2 rings (SSSR count). The SMILES string of the molecule is CCCOc1cccc(CN2CC(C)NCC2C)c1. The molecule has 3 nitrogen and oxygen atoms in total. The Morgan fingerprint density at radius 2 is 2.21 bits per heavy atom. The molecular weight excluding hydrogens is 236 g/mol. The molecule has 19 heavy (non-hydrogen) atoms. The van der Waals surface area contributed by atoms with E-state index in [0.29, 0.717) is 12.1 Å². The molecule has 2 atom stereocenters. The molecule has 0 saturated carbocycles. The van der Waals surface area contributed by atoms with Crippen LogP contribution in [0, 0.1) is 0 Å². The van der Waals surface area contributed by atoms with Gasteiger partial charge in [-0.25, -0.2) is 0 Å². The Morgan fingerprint density at radius 3 is 3.00 bits per heavy atom. The molecule has 106 valence electrons. The summed E-state index contributed by atoms with van der Waals surface area (Å²) < 4.78 is 5.70. The fraction of sp³-hybridized carbons (Fsp3) is 0.625. The van der Waals surface area contributed by atoms with Gasteiger partial charge in [0.1, 0.15) is 5.75 Å². The van der Waals surface area contributed by atoms with Gasteiger partial charge in [0, 0.05) is 31.7 Å². The first kappa shape index (κ1) is 14.4. The molecule has 0 radical (unpaired) electrons. The standard InChI is InChI=1S/C16H26N2O/c1-4-8-19-16-7-5-6-15(9-16)12-18-11-13(2)17-10-14(18)3/h5-7,9,13-14,17H,4,8,10-12H2,1-3H3. The molecule has 0 aromatic heterocycles. The van der Waals surface area contributed by atoms with E-state index in [2.05, 4.69) is 49.2 Å². The van der Waals surface area contributed by atoms with E-state index in [1.54, 1.807) is 0 Å². The first-order valence-electron chi connectivity index (χ1n) is 7.38. The van der Waals surface area contributed by atoms with Gasteiger partial charge >= 0.3 is 0 Å². The minimum Gasteiger partial charge on any atom is -0.494 e. The summed E-state index contributed by atoms with van der Waals surface area (Å²) in [5.74, 6) is 0.996. The Hall–Kier alpha value is -1.06. The van der Waals surface area contributed by atoms with Crippen molar-refractivity contribution < 1.29 is 4.74 Å². The predicted molar refractivity (Wildman–Crippen MR) is 79.6 cm³/mol. The Balaban J connectivity index is 1.97. The van der Waals surface area contributed by atoms with Gasteiger partial charge < -0.3 is 10.1 Å². The summed E-state index contributed by atoms with van der Waals surface area (Å²) in [6, 6.07) is 9.68. The number of rotatable bonds is 5. The van der Waals surface area contributed by atoms with Crippen molar-refractivity contribution in [3.63, 3.8) is 0 Å². The van der Waals surface area contributed by atoms with E-state index in [9.17, 15) is 0 Å². The van der Waals surface area contributed by atoms with Gasteiger partial charge in [-0.2, -0.15) is 0 Å². The van der Waals surface area contributed by atoms with E-state index >= 15 is 0 Å². The molecule has 1 aromatic carbocycles. The lowest BCUT2D eigenvalue weighted by Crippen LogP contribution is -2.53. The van der Waals surface area contributed by atoms with Crippen LogP contribution in [0.4, 0.5) is 0 Å². The number of nitrogens with zero attached hydrogens (tertiary/aromatic N) is 1. The lowest BCUT2D eigenvalue weighted by atomic mass is 10.1. The summed E-state index contributed by atoms with van der Waals surface area (Å²) in [5, 5.41) is 3.52. The van der Waals surface area contributed by atoms with E-state index < -0.39 is 0 Å². The highest BCUT2D eigenvalue weighted by Gasteiger charge is 2.22. The van der Waals surface area contributed by atoms with Crippen LogP contribution in [-0.2, 0) is 6.54 Å². The molecule has 0 bridgehead atoms. The van der Waals surface area contributed by atoms with Crippen LogP contribution in [0.1, 0.15) is 32.8 Å². The largest absolute Gasteiger partial charge is 0.494 e. The summed E-state index contributed by atoms with van der Waals surface area (Å²) in [7, 11) is 0. The highest BCUT2D eigenvalue weighted by atomic mass is 16.5. The summed E-state index contributed by atoms with van der Waals surface area (Å²) in [6.07, 6.45) is 1.05. The van der Waals surface area contributed by atoms with E-state index in [-0.39, 0.29) is 0 Å². The van der Waals surface area contributed by atoms with Crippen LogP contribution in [0.3, 0.4) is 0 Å². The lowest BCUT2D eigenvalue weighted by Gasteiger charge is -2.37. The van der Waals surface area contributed by atoms with Gasteiger partial charge in [-0.05, 0) is 38.0 Å². The van der Waals surface area contributed by atoms with Gasteiger partial charge in [0.25, 0.3) is 0 Å². The molecule has 1 heterocycles. The third-order valence-electron chi connectivity index (χ3n) is 3.65. The average Bonchev–Trinajstić information content (AvgIpc) is 2.41. The van der Waals surface area contributed by atoms with Crippen molar-refractivity contribution >= 4 is 0 Å². The molecule has 0 aliphatic carbocycles. The minimum atomic E-state index is 0.579. The summed E-state index contributed by atoms with van der Waals surface area (Å²) >= 11 is 0. The predicted octanol–water partition coefficient (Wildman–Crippen LogP) is 2.66. The van der Waals surface area contributed by atoms with E-state index in [4.69, 9.17) is 4.74 Å². The smallest absolute Gasteiger partial charge is 0.119 e. The second-order valence-electron chi connectivity index (χ2n) is 5.58. The third kappa shape index (κ3) is 4.22. The Kier molecular flexibility index (Phi) is 5.23. The topological polar surface area (TPSA) is 24.5 Å². The van der Waals surface area contributed by atoms with E-state index in [0.717, 1.165) is 38.4 Å². The molecule has 1 saturated heterocycles. The normalized spacial score (nSPS) is 24.4. The van der Waals surface area contributed by atoms with Gasteiger partial charge in [0.15, 0.2) is 0 Å². The van der Waals surface area contributed by atoms with Crippen LogP contribution in [0.25, 0.3) is 0 Å². The molecule has 1 N–H and O–H groups in total. The first-order chi connectivity index (χ1) is 9.19. The van der Waals surface area contributed by atoms with Crippen molar-refractivity contribution in [2.45, 2.75) is 45.8 Å². The van der Waals surface area contributed by atoms with Gasteiger partial charge in [0.05, 0.1) is 6.61 Å². The van der Waals surface area contributed by atoms with Gasteiger partial charge in [0.2, 0.25) is 0 Å². The second kappa shape index (κ2) is 6.92. The Morgan fingerprint density at radius 1 is 1.37 bits per heavy atom. The summed E-state index contributed by atoms with van der Waals surface area (Å²) in [6.45, 7) is 10.7. The molecular formula is C16H26N2O. The molecule has 0 spiro atoms. The molecule has 0 amide bonds. The quantitative estimate of drug-likeness (QED) is 0.883. The zero-order valence-electron chi connectivity index (χ0n) is 12.4. The molecule has 1 aliphatic rings. The number of hydrogen-bond acceptors (Lipinski definition) is 3. The molecule has 1 fully saturated rings. The minimum absolute atomic E-state index is 0.579. The zero-order valence-corrected chi connectivity index (χ0v) is 12.4. The van der Waals surface area contributed by atoms with E-state index in [1.807, 2.05) is 6.07 Å². The van der Waals surface area contributed by atoms with Crippen LogP contribution in [-0.4, -0.2) is 36.7 Å². The van der Waals surface area contributed by atoms with Crippen molar-refractivity contribution in [2.75, 3.05) is 19.7 Å². The van der Waals surface area contributed by atoms with E-state index in [1.165, 1.54) is 5.56 Å². The number of benzene rings is 1. The van der Waals surface area contributed by atoms with Crippen molar-refractivity contribution in [1.29, 1.82) is 0 Å². The highest BCUT2D eigenvalue weighted by molar-refractivity contribution is 5.28. The molecule has 3 heteroatoms. The van der Waals surface area contributed by atoms with Crippen molar-refractivity contribution in [3.8, 4) is 5.75 Å². The van der Waals surface area contributed by atoms with Crippen molar-refractivity contribution in [1.82, 2.24) is 10.2 Å². The van der Waals surface area contributed by atoms with Gasteiger partial charge in [-0.3, -0.25) is 4.90 Å². The molecule has 2 unspecified atom stereocenters. The number of nitrogens with one attached hydrogen (secondary N) is 1. The van der Waals surface area contributed by atoms with Crippen molar-refractivity contribution in [3.05, 3.63) is 29.8 Å². The number of ether oxygens (including phenoxy) is 1. The van der Waals surface area contributed by atoms with Crippen LogP contribution >= 0.6 is 0 Å². The average molecular weight is 262 g/mol. The monoisotopic (exact) mass is 262 g/mol. The van der Waals surface area contributed by atoms with Crippen LogP contribution in [0.15, 0.2) is 24.3 Å². The lowest BCUT2D eigenvalue weighted by molar-refractivity contribution is 0.138. The highest BCUT2D eigenvalue weighted by Crippen LogP contribution is 2.17. The number of hydrogen-bond donors (Lipinski definition) is 1. The van der Waals surface area contributed by atoms with Crippen LogP contribution in [0.2, 0.25) is 0 Å². The maximum absolute atomic E-state index is 5.70. The van der Waals surface area contributed by atoms with Crippen LogP contribution in [0.5, 0.6) is 5.75 Å². The van der Waals surface area contributed by atoms with Crippen molar-refractivity contribution in [2.24, 2.45) is 0 Å². The fourth-order valence-corrected chi connectivity index (χ4v) is 2.51. The summed E-state index contributed by atoms with van der Waals surface area (Å²) in [5.41, 5.74) is 1.34. The Bertz CT molecular complexity index is 394. The second-order valence-corrected chi connectivity index (χ2v) is 5.58. The first-order valence-corrected chi connectivity index (χ1v) is 7.38. The summed E-state index contributed by atoms with van der Waals surface area (Å²) in [4.78, 5) is 2.54.